The Balaban J connectivity index is 1.53. The molecule has 0 radical (unpaired) electrons. The van der Waals surface area contributed by atoms with Crippen LogP contribution < -0.4 is 19.5 Å². The highest BCUT2D eigenvalue weighted by Gasteiger charge is 2.18. The normalized spacial score (nSPS) is 13.2. The van der Waals surface area contributed by atoms with Crippen molar-refractivity contribution in [3.05, 3.63) is 77.6 Å². The summed E-state index contributed by atoms with van der Waals surface area (Å²) in [6, 6.07) is 17.4. The first-order chi connectivity index (χ1) is 19.8. The van der Waals surface area contributed by atoms with Gasteiger partial charge in [0.2, 0.25) is 0 Å². The number of nitrogens with zero attached hydrogens (tertiary/aromatic N) is 3. The Kier molecular flexibility index (Phi) is 9.98. The number of hydrogen-bond donors (Lipinski definition) is 3. The number of aromatic amines is 1. The van der Waals surface area contributed by atoms with E-state index in [0.29, 0.717) is 23.8 Å². The van der Waals surface area contributed by atoms with Gasteiger partial charge in [0.15, 0.2) is 11.5 Å². The quantitative estimate of drug-likeness (QED) is 0.118. The van der Waals surface area contributed by atoms with E-state index in [4.69, 9.17) is 14.2 Å². The van der Waals surface area contributed by atoms with Crippen LogP contribution in [0.3, 0.4) is 0 Å². The van der Waals surface area contributed by atoms with Crippen LogP contribution >= 0.6 is 0 Å². The second-order valence-electron chi connectivity index (χ2n) is 10.0. The third-order valence-corrected chi connectivity index (χ3v) is 6.80. The van der Waals surface area contributed by atoms with Gasteiger partial charge in [-0.1, -0.05) is 18.2 Å². The zero-order valence-electron chi connectivity index (χ0n) is 24.1. The maximum Gasteiger partial charge on any atom is 0.161 e. The van der Waals surface area contributed by atoms with Gasteiger partial charge in [-0.3, -0.25) is 5.32 Å². The van der Waals surface area contributed by atoms with Gasteiger partial charge >= 0.3 is 0 Å². The number of aliphatic hydroxyl groups excluding tert-OH is 1. The molecule has 0 aliphatic heterocycles. The van der Waals surface area contributed by atoms with Crippen LogP contribution in [0.4, 0.5) is 0 Å². The second-order valence-corrected chi connectivity index (χ2v) is 10.0. The van der Waals surface area contributed by atoms with E-state index >= 15 is 0 Å². The summed E-state index contributed by atoms with van der Waals surface area (Å²) in [4.78, 5) is 9.88. The number of pyridine rings is 1. The Morgan fingerprint density at radius 1 is 1.12 bits per heavy atom. The molecule has 4 rings (SSSR count). The number of nitriles is 1. The fourth-order valence-electron chi connectivity index (χ4n) is 4.52. The van der Waals surface area contributed by atoms with Gasteiger partial charge in [-0.2, -0.15) is 5.26 Å². The lowest BCUT2D eigenvalue weighted by molar-refractivity contribution is 0.164. The molecule has 41 heavy (non-hydrogen) atoms. The lowest BCUT2D eigenvalue weighted by atomic mass is 10.0. The average Bonchev–Trinajstić information content (AvgIpc) is 3.39. The summed E-state index contributed by atoms with van der Waals surface area (Å²) in [7, 11) is 7.25. The Labute approximate surface area is 241 Å². The standard InChI is InChI=1S/C32H37N5O4/c1-21(22-10-11-29(39-4)30(17-22)40-5)36-32(38)24(18-33)14-26-20-35-31-28(26)16-25(19-34-31)23-8-6-9-27(15-23)41-13-7-12-37(2)3/h6,8-11,14-17,19-21,32,36,38H,7,12-13H2,1-5H3,(H,34,35)/b24-14+/t21-,32?/m1/s1. The molecule has 2 aromatic carbocycles. The Morgan fingerprint density at radius 3 is 2.66 bits per heavy atom. The van der Waals surface area contributed by atoms with Crippen LogP contribution in [0.25, 0.3) is 28.2 Å². The number of hydrogen-bond acceptors (Lipinski definition) is 8. The van der Waals surface area contributed by atoms with Crippen LogP contribution in [-0.4, -0.2) is 67.7 Å². The van der Waals surface area contributed by atoms with Gasteiger partial charge in [0.05, 0.1) is 32.5 Å². The molecule has 3 N–H and O–H groups in total. The molecule has 0 spiro atoms. The van der Waals surface area contributed by atoms with Gasteiger partial charge in [-0.15, -0.1) is 0 Å². The van der Waals surface area contributed by atoms with Gasteiger partial charge in [0, 0.05) is 41.5 Å². The molecule has 0 aliphatic rings. The van der Waals surface area contributed by atoms with Gasteiger partial charge in [-0.25, -0.2) is 4.98 Å². The number of aliphatic hydroxyl groups is 1. The third kappa shape index (κ3) is 7.44. The molecule has 214 valence electrons. The highest BCUT2D eigenvalue weighted by atomic mass is 16.5. The summed E-state index contributed by atoms with van der Waals surface area (Å²) in [5.74, 6) is 2.01. The van der Waals surface area contributed by atoms with E-state index in [-0.39, 0.29) is 11.6 Å². The van der Waals surface area contributed by atoms with E-state index in [1.54, 1.807) is 26.5 Å². The van der Waals surface area contributed by atoms with Crippen molar-refractivity contribution in [3.8, 4) is 34.4 Å². The number of ether oxygens (including phenoxy) is 3. The summed E-state index contributed by atoms with van der Waals surface area (Å²) in [5, 5.41) is 24.7. The molecule has 2 aromatic heterocycles. The molecule has 1 unspecified atom stereocenters. The molecule has 0 saturated carbocycles. The van der Waals surface area contributed by atoms with Gasteiger partial charge < -0.3 is 29.2 Å². The molecule has 2 heterocycles. The zero-order valence-corrected chi connectivity index (χ0v) is 24.1. The van der Waals surface area contributed by atoms with E-state index in [1.165, 1.54) is 0 Å². The SMILES string of the molecule is COc1ccc([C@@H](C)NC(O)/C(C#N)=C/c2c[nH]c3ncc(-c4cccc(OCCCN(C)C)c4)cc23)cc1OC. The monoisotopic (exact) mass is 555 g/mol. The van der Waals surface area contributed by atoms with Crippen LogP contribution in [0, 0.1) is 11.3 Å². The summed E-state index contributed by atoms with van der Waals surface area (Å²) >= 11 is 0. The first-order valence-corrected chi connectivity index (χ1v) is 13.5. The van der Waals surface area contributed by atoms with E-state index in [1.807, 2.05) is 75.7 Å². The zero-order chi connectivity index (χ0) is 29.4. The number of aromatic nitrogens is 2. The number of fused-ring (bicyclic) bond motifs is 1. The van der Waals surface area contributed by atoms with Gasteiger partial charge in [0.25, 0.3) is 0 Å². The summed E-state index contributed by atoms with van der Waals surface area (Å²) < 4.78 is 16.7. The minimum atomic E-state index is -1.19. The number of rotatable bonds is 13. The largest absolute Gasteiger partial charge is 0.494 e. The predicted molar refractivity (Wildman–Crippen MR) is 161 cm³/mol. The van der Waals surface area contributed by atoms with E-state index in [0.717, 1.165) is 46.4 Å². The van der Waals surface area contributed by atoms with Gasteiger partial charge in [0.1, 0.15) is 17.6 Å². The van der Waals surface area contributed by atoms with Crippen molar-refractivity contribution in [2.45, 2.75) is 25.6 Å². The van der Waals surface area contributed by atoms with Crippen molar-refractivity contribution in [2.75, 3.05) is 41.5 Å². The molecule has 0 saturated heterocycles. The molecule has 0 fully saturated rings. The molecule has 0 bridgehead atoms. The molecule has 9 heteroatoms. The molecule has 0 aliphatic carbocycles. The lowest BCUT2D eigenvalue weighted by Gasteiger charge is -2.20. The maximum atomic E-state index is 10.9. The molecule has 9 nitrogen and oxygen atoms in total. The van der Waals surface area contributed by atoms with Crippen LogP contribution in [-0.2, 0) is 0 Å². The third-order valence-electron chi connectivity index (χ3n) is 6.80. The Hall–Kier alpha value is -4.36. The minimum absolute atomic E-state index is 0.178. The summed E-state index contributed by atoms with van der Waals surface area (Å²) in [6.07, 6.45) is 5.02. The van der Waals surface area contributed by atoms with Crippen molar-refractivity contribution < 1.29 is 19.3 Å². The first-order valence-electron chi connectivity index (χ1n) is 13.5. The van der Waals surface area contributed by atoms with E-state index < -0.39 is 6.23 Å². The lowest BCUT2D eigenvalue weighted by Crippen LogP contribution is -2.32. The van der Waals surface area contributed by atoms with Gasteiger partial charge in [-0.05, 0) is 75.0 Å². The summed E-state index contributed by atoms with van der Waals surface area (Å²) in [6.45, 7) is 3.51. The second kappa shape index (κ2) is 13.8. The summed E-state index contributed by atoms with van der Waals surface area (Å²) in [5.41, 5.74) is 4.40. The Morgan fingerprint density at radius 2 is 1.93 bits per heavy atom. The van der Waals surface area contributed by atoms with Crippen molar-refractivity contribution in [2.24, 2.45) is 0 Å². The average molecular weight is 556 g/mol. The first kappa shape index (κ1) is 29.6. The number of methoxy groups -OCH3 is 2. The highest BCUT2D eigenvalue weighted by Crippen LogP contribution is 2.31. The number of benzene rings is 2. The van der Waals surface area contributed by atoms with Crippen molar-refractivity contribution in [1.29, 1.82) is 5.26 Å². The fourth-order valence-corrected chi connectivity index (χ4v) is 4.52. The molecule has 4 aromatic rings. The minimum Gasteiger partial charge on any atom is -0.494 e. The Bertz CT molecular complexity index is 1540. The fraction of sp³-hybridized carbons (Fsp3) is 0.312. The smallest absolute Gasteiger partial charge is 0.161 e. The van der Waals surface area contributed by atoms with E-state index in [2.05, 4.69) is 26.3 Å². The van der Waals surface area contributed by atoms with Crippen molar-refractivity contribution >= 4 is 17.1 Å². The molecule has 2 atom stereocenters. The van der Waals surface area contributed by atoms with Crippen LogP contribution in [0.15, 0.2) is 66.5 Å². The van der Waals surface area contributed by atoms with E-state index in [9.17, 15) is 10.4 Å². The topological polar surface area (TPSA) is 116 Å². The predicted octanol–water partition coefficient (Wildman–Crippen LogP) is 5.15. The van der Waals surface area contributed by atoms with Crippen LogP contribution in [0.5, 0.6) is 17.2 Å². The highest BCUT2D eigenvalue weighted by molar-refractivity contribution is 5.90. The number of nitrogens with one attached hydrogen (secondary N) is 2. The molecule has 0 amide bonds. The molecular formula is C32H37N5O4. The van der Waals surface area contributed by atoms with Crippen LogP contribution in [0.1, 0.15) is 30.5 Å². The maximum absolute atomic E-state index is 10.9. The van der Waals surface area contributed by atoms with Crippen LogP contribution in [0.2, 0.25) is 0 Å². The van der Waals surface area contributed by atoms with Crippen molar-refractivity contribution in [3.63, 3.8) is 0 Å². The number of H-pyrrole nitrogens is 1. The van der Waals surface area contributed by atoms with Crippen molar-refractivity contribution in [1.82, 2.24) is 20.2 Å². The molecular weight excluding hydrogens is 518 g/mol.